The largest absolute Gasteiger partial charge is 0.475 e. The maximum Gasteiger partial charge on any atom is 0.475 e. The lowest BCUT2D eigenvalue weighted by Gasteiger charge is -2.27. The van der Waals surface area contributed by atoms with Gasteiger partial charge >= 0.3 is 15.6 Å². The number of ether oxygens (including phenoxy) is 2. The molecule has 4 bridgehead atoms. The first-order valence-corrected chi connectivity index (χ1v) is 16.7. The minimum atomic E-state index is -4.58. The highest BCUT2D eigenvalue weighted by molar-refractivity contribution is 7.48. The molecular formula is C23H32N10O13P2. The Kier molecular flexibility index (Phi) is 9.17. The quantitative estimate of drug-likeness (QED) is 0.168. The molecule has 3 fully saturated rings. The molecule has 3 saturated heterocycles. The second-order valence-electron chi connectivity index (χ2n) is 10.5. The molecule has 10 atom stereocenters. The molecule has 0 aromatic carbocycles. The smallest absolute Gasteiger partial charge is 0.387 e. The van der Waals surface area contributed by atoms with E-state index in [9.17, 15) is 24.1 Å². The zero-order valence-electron chi connectivity index (χ0n) is 24.3. The van der Waals surface area contributed by atoms with E-state index in [1.54, 1.807) is 0 Å². The fraction of sp³-hybridized carbons (Fsp3) is 0.565. The van der Waals surface area contributed by atoms with E-state index < -0.39 is 83.5 Å². The number of aliphatic hydroxyl groups is 2. The second-order valence-corrected chi connectivity index (χ2v) is 13.9. The van der Waals surface area contributed by atoms with E-state index in [0.717, 1.165) is 14.2 Å². The summed E-state index contributed by atoms with van der Waals surface area (Å²) in [4.78, 5) is 35.1. The van der Waals surface area contributed by atoms with Gasteiger partial charge in [0.25, 0.3) is 5.56 Å². The minimum Gasteiger partial charge on any atom is -0.387 e. The number of nitrogen functional groups attached to an aromatic ring is 2. The van der Waals surface area contributed by atoms with Crippen LogP contribution in [0.1, 0.15) is 19.9 Å². The van der Waals surface area contributed by atoms with Crippen molar-refractivity contribution in [3.8, 4) is 0 Å². The van der Waals surface area contributed by atoms with Crippen LogP contribution in [0.15, 0.2) is 23.8 Å². The van der Waals surface area contributed by atoms with Crippen molar-refractivity contribution < 1.29 is 56.0 Å². The van der Waals surface area contributed by atoms with E-state index in [1.165, 1.54) is 28.1 Å². The van der Waals surface area contributed by atoms with Gasteiger partial charge in [-0.1, -0.05) is 7.43 Å². The Morgan fingerprint density at radius 1 is 0.854 bits per heavy atom. The number of hydrogen-bond donors (Lipinski definition) is 5. The Hall–Kier alpha value is -3.44. The first-order valence-electron chi connectivity index (χ1n) is 13.7. The van der Waals surface area contributed by atoms with Gasteiger partial charge in [0.15, 0.2) is 35.1 Å². The topological polar surface area (TPSA) is 308 Å². The summed E-state index contributed by atoms with van der Waals surface area (Å²) >= 11 is 0. The molecule has 0 saturated carbocycles. The number of rotatable bonds is 4. The fourth-order valence-corrected chi connectivity index (χ4v) is 7.67. The monoisotopic (exact) mass is 718 g/mol. The van der Waals surface area contributed by atoms with Crippen LogP contribution in [0.3, 0.4) is 0 Å². The lowest BCUT2D eigenvalue weighted by molar-refractivity contribution is -0.0692. The van der Waals surface area contributed by atoms with E-state index >= 15 is 0 Å². The van der Waals surface area contributed by atoms with Crippen LogP contribution >= 0.6 is 15.6 Å². The molecule has 0 aliphatic carbocycles. The number of aromatic nitrogens is 8. The fourth-order valence-electron chi connectivity index (χ4n) is 5.45. The van der Waals surface area contributed by atoms with E-state index in [2.05, 4.69) is 29.9 Å². The lowest BCUT2D eigenvalue weighted by Crippen LogP contribution is -2.38. The van der Waals surface area contributed by atoms with Crippen LogP contribution in [0.25, 0.3) is 22.3 Å². The first kappa shape index (κ1) is 34.4. The molecule has 23 nitrogen and oxygen atoms in total. The van der Waals surface area contributed by atoms with Crippen molar-refractivity contribution in [2.75, 3.05) is 38.9 Å². The van der Waals surface area contributed by atoms with Crippen molar-refractivity contribution in [2.24, 2.45) is 0 Å². The van der Waals surface area contributed by atoms with Crippen molar-refractivity contribution >= 4 is 49.7 Å². The van der Waals surface area contributed by atoms with Gasteiger partial charge in [-0.25, -0.2) is 29.1 Å². The maximum atomic E-state index is 13.8. The zero-order chi connectivity index (χ0) is 33.2. The summed E-state index contributed by atoms with van der Waals surface area (Å²) in [6.45, 7) is -1.29. The number of nitrogens with zero attached hydrogens (tertiary/aromatic N) is 7. The number of aromatic amines is 1. The predicted molar refractivity (Wildman–Crippen MR) is 160 cm³/mol. The summed E-state index contributed by atoms with van der Waals surface area (Å²) in [6, 6.07) is 0. The number of anilines is 2. The number of fused-ring (bicyclic) bond motifs is 6. The summed E-state index contributed by atoms with van der Waals surface area (Å²) in [5, 5.41) is 22.6. The van der Waals surface area contributed by atoms with Gasteiger partial charge in [0.05, 0.1) is 25.9 Å². The molecule has 4 aromatic heterocycles. The summed E-state index contributed by atoms with van der Waals surface area (Å²) < 4.78 is 75.0. The SMILES string of the molecule is C.COP1(=O)OC[C@H]2O[C@@H](n3cnc4c(=O)[nH]c(N)nc43)C(OP(=O)(OC)OC[C@H]3O[C@@H](n4cnc5c(N)ncnc54)C(O1)[C@H]3O)[C@H]2O. The molecule has 48 heavy (non-hydrogen) atoms. The van der Waals surface area contributed by atoms with Gasteiger partial charge < -0.3 is 31.2 Å². The normalized spacial score (nSPS) is 35.8. The Morgan fingerprint density at radius 3 is 1.92 bits per heavy atom. The number of nitrogens with two attached hydrogens (primary N) is 2. The third-order valence-electron chi connectivity index (χ3n) is 7.75. The Balaban J connectivity index is 0.00000401. The van der Waals surface area contributed by atoms with Crippen LogP contribution in [0.5, 0.6) is 0 Å². The first-order chi connectivity index (χ1) is 22.4. The zero-order valence-corrected chi connectivity index (χ0v) is 26.1. The Morgan fingerprint density at radius 2 is 1.38 bits per heavy atom. The van der Waals surface area contributed by atoms with Gasteiger partial charge in [0, 0.05) is 14.2 Å². The van der Waals surface area contributed by atoms with Crippen LogP contribution in [-0.2, 0) is 45.7 Å². The van der Waals surface area contributed by atoms with E-state index in [4.69, 9.17) is 48.1 Å². The minimum absolute atomic E-state index is 0. The maximum absolute atomic E-state index is 13.8. The highest BCUT2D eigenvalue weighted by Gasteiger charge is 2.54. The molecular weight excluding hydrogens is 686 g/mol. The molecule has 4 unspecified atom stereocenters. The average molecular weight is 719 g/mol. The van der Waals surface area contributed by atoms with Gasteiger partial charge in [-0.2, -0.15) is 4.98 Å². The molecule has 4 aromatic rings. The van der Waals surface area contributed by atoms with Crippen LogP contribution in [-0.4, -0.2) is 113 Å². The van der Waals surface area contributed by atoms with Crippen LogP contribution < -0.4 is 17.0 Å². The molecule has 0 spiro atoms. The van der Waals surface area contributed by atoms with Crippen molar-refractivity contribution in [3.63, 3.8) is 0 Å². The van der Waals surface area contributed by atoms with Crippen molar-refractivity contribution in [2.45, 2.75) is 56.5 Å². The van der Waals surface area contributed by atoms with Gasteiger partial charge in [0.2, 0.25) is 5.95 Å². The van der Waals surface area contributed by atoms with Gasteiger partial charge in [-0.3, -0.25) is 46.1 Å². The van der Waals surface area contributed by atoms with Gasteiger partial charge in [0.1, 0.15) is 48.5 Å². The number of phosphoric acid groups is 2. The molecule has 7 heterocycles. The number of nitrogens with one attached hydrogen (secondary N) is 1. The third-order valence-corrected chi connectivity index (χ3v) is 10.6. The molecule has 3 aliphatic rings. The second kappa shape index (κ2) is 12.8. The number of hydrogen-bond acceptors (Lipinski definition) is 20. The molecule has 3 aliphatic heterocycles. The number of H-pyrrole nitrogens is 1. The molecule has 25 heteroatoms. The average Bonchev–Trinajstić information content (AvgIpc) is 3.80. The summed E-state index contributed by atoms with van der Waals surface area (Å²) in [5.41, 5.74) is 11.2. The highest BCUT2D eigenvalue weighted by Crippen LogP contribution is 2.57. The van der Waals surface area contributed by atoms with Gasteiger partial charge in [-0.05, 0) is 0 Å². The van der Waals surface area contributed by atoms with E-state index in [0.29, 0.717) is 0 Å². The Labute approximate surface area is 269 Å². The number of aliphatic hydroxyl groups excluding tert-OH is 2. The molecule has 0 amide bonds. The van der Waals surface area contributed by atoms with Crippen LogP contribution in [0.2, 0.25) is 0 Å². The molecule has 0 radical (unpaired) electrons. The number of imidazole rings is 2. The van der Waals surface area contributed by atoms with Crippen LogP contribution in [0.4, 0.5) is 11.8 Å². The van der Waals surface area contributed by atoms with Crippen LogP contribution in [0, 0.1) is 0 Å². The molecule has 7 rings (SSSR count). The van der Waals surface area contributed by atoms with Crippen molar-refractivity contribution in [1.82, 2.24) is 39.0 Å². The lowest BCUT2D eigenvalue weighted by atomic mass is 10.1. The summed E-state index contributed by atoms with van der Waals surface area (Å²) in [5.74, 6) is -0.178. The van der Waals surface area contributed by atoms with E-state index in [1.807, 2.05) is 0 Å². The third kappa shape index (κ3) is 5.80. The molecule has 7 N–H and O–H groups in total. The highest BCUT2D eigenvalue weighted by atomic mass is 31.2. The van der Waals surface area contributed by atoms with Gasteiger partial charge in [-0.15, -0.1) is 0 Å². The molecule has 262 valence electrons. The standard InChI is InChI=1S/C22H28N10O13P2.CH4/c1-38-46(36)41-4-9-13(34)15(21(43-9)32-7-28-11-18(32)29-22(24)30-19(11)35)45-47(37,39-2)40-3-8-12(33)14(44-46)20(42-8)31-6-27-10-16(23)25-5-26-17(10)31;/h5-9,12-15,20-21,33-34H,3-4H2,1-2H3,(H2,23,25,26)(H3,24,29,30,35);1H4/t8-,9-,12+,13+,14?,15?,20-,21-,46?,47?;/m1./s1. The van der Waals surface area contributed by atoms with Crippen molar-refractivity contribution in [3.05, 3.63) is 29.3 Å². The summed E-state index contributed by atoms with van der Waals surface area (Å²) in [7, 11) is -7.07. The predicted octanol–water partition coefficient (Wildman–Crippen LogP) is -0.397. The summed E-state index contributed by atoms with van der Waals surface area (Å²) in [6.07, 6.45) is -7.98. The van der Waals surface area contributed by atoms with E-state index in [-0.39, 0.29) is 41.5 Å². The Bertz CT molecular complexity index is 1970. The number of phosphoric ester groups is 2. The van der Waals surface area contributed by atoms with Crippen molar-refractivity contribution in [1.29, 1.82) is 0 Å².